The van der Waals surface area contributed by atoms with Crippen molar-refractivity contribution < 1.29 is 9.15 Å². The van der Waals surface area contributed by atoms with Crippen molar-refractivity contribution in [3.8, 4) is 61.4 Å². The van der Waals surface area contributed by atoms with Gasteiger partial charge in [0.15, 0.2) is 0 Å². The number of fused-ring (bicyclic) bond motifs is 9. The smallest absolute Gasteiger partial charge is 0.147 e. The molecule has 1 aliphatic carbocycles. The quantitative estimate of drug-likeness (QED) is 0.164. The minimum Gasteiger partial charge on any atom is -0.484 e. The summed E-state index contributed by atoms with van der Waals surface area (Å²) in [6.07, 6.45) is 8.64. The lowest BCUT2D eigenvalue weighted by molar-refractivity contribution is 0.271. The fourth-order valence-corrected chi connectivity index (χ4v) is 9.53. The molecule has 0 saturated carbocycles. The molecule has 0 radical (unpaired) electrons. The predicted octanol–water partition coefficient (Wildman–Crippen LogP) is 15.2. The van der Waals surface area contributed by atoms with Gasteiger partial charge in [0, 0.05) is 22.4 Å². The molecule has 2 heterocycles. The fourth-order valence-electron chi connectivity index (χ4n) is 9.53. The zero-order valence-electron chi connectivity index (χ0n) is 31.6. The molecule has 1 aromatic heterocycles. The topological polar surface area (TPSA) is 22.4 Å². The maximum atomic E-state index is 6.81. The summed E-state index contributed by atoms with van der Waals surface area (Å²) >= 11 is 0. The van der Waals surface area contributed by atoms with Crippen molar-refractivity contribution in [1.82, 2.24) is 0 Å². The van der Waals surface area contributed by atoms with Gasteiger partial charge in [0.05, 0.1) is 5.39 Å². The number of rotatable bonds is 5. The van der Waals surface area contributed by atoms with E-state index < -0.39 is 0 Å². The molecule has 272 valence electrons. The summed E-state index contributed by atoms with van der Waals surface area (Å²) in [5, 5.41) is 6.97. The van der Waals surface area contributed by atoms with E-state index in [1.165, 1.54) is 71.6 Å². The molecule has 0 spiro atoms. The van der Waals surface area contributed by atoms with Gasteiger partial charge in [-0.15, -0.1) is 0 Å². The number of hydrogen-bond acceptors (Lipinski definition) is 2. The van der Waals surface area contributed by atoms with E-state index in [1.807, 2.05) is 6.07 Å². The van der Waals surface area contributed by atoms with Crippen molar-refractivity contribution in [3.63, 3.8) is 0 Å². The number of allylic oxidation sites excluding steroid dienone is 2. The van der Waals surface area contributed by atoms with E-state index in [9.17, 15) is 0 Å². The van der Waals surface area contributed by atoms with Crippen molar-refractivity contribution in [1.29, 1.82) is 0 Å². The van der Waals surface area contributed by atoms with Crippen LogP contribution in [0.25, 0.3) is 99.1 Å². The minimum absolute atomic E-state index is 0.0345. The third-order valence-corrected chi connectivity index (χ3v) is 12.2. The monoisotopic (exact) mass is 740 g/mol. The van der Waals surface area contributed by atoms with E-state index >= 15 is 0 Å². The summed E-state index contributed by atoms with van der Waals surface area (Å²) in [4.78, 5) is 0. The van der Waals surface area contributed by atoms with E-state index in [2.05, 4.69) is 200 Å². The average molecular weight is 741 g/mol. The highest BCUT2D eigenvalue weighted by molar-refractivity contribution is 6.23. The van der Waals surface area contributed by atoms with Crippen LogP contribution in [-0.4, -0.2) is 6.10 Å². The van der Waals surface area contributed by atoms with Crippen LogP contribution in [0.5, 0.6) is 5.75 Å². The van der Waals surface area contributed by atoms with Crippen LogP contribution in [-0.2, 0) is 0 Å². The molecule has 0 N–H and O–H groups in total. The van der Waals surface area contributed by atoms with E-state index in [1.54, 1.807) is 0 Å². The Morgan fingerprint density at radius 1 is 0.379 bits per heavy atom. The first-order valence-corrected chi connectivity index (χ1v) is 20.1. The van der Waals surface area contributed by atoms with Crippen LogP contribution in [0.3, 0.4) is 0 Å². The Balaban J connectivity index is 1.17. The van der Waals surface area contributed by atoms with Gasteiger partial charge < -0.3 is 9.15 Å². The summed E-state index contributed by atoms with van der Waals surface area (Å²) in [7, 11) is 0. The van der Waals surface area contributed by atoms with E-state index in [0.717, 1.165) is 38.8 Å². The summed E-state index contributed by atoms with van der Waals surface area (Å²) < 4.78 is 13.5. The predicted molar refractivity (Wildman–Crippen MR) is 241 cm³/mol. The molecule has 2 unspecified atom stereocenters. The molecule has 2 aliphatic rings. The van der Waals surface area contributed by atoms with Crippen molar-refractivity contribution in [2.45, 2.75) is 12.0 Å². The van der Waals surface area contributed by atoms with E-state index in [-0.39, 0.29) is 12.0 Å². The highest BCUT2D eigenvalue weighted by atomic mass is 16.5. The van der Waals surface area contributed by atoms with Crippen LogP contribution in [0, 0.1) is 0 Å². The first-order valence-electron chi connectivity index (χ1n) is 20.1. The fraction of sp³-hybridized carbons (Fsp3) is 0.0357. The zero-order chi connectivity index (χ0) is 38.2. The van der Waals surface area contributed by atoms with Gasteiger partial charge in [0.25, 0.3) is 0 Å². The normalized spacial score (nSPS) is 15.6. The van der Waals surface area contributed by atoms with Crippen LogP contribution < -0.4 is 4.74 Å². The van der Waals surface area contributed by atoms with Gasteiger partial charge in [0.1, 0.15) is 23.0 Å². The summed E-state index contributed by atoms with van der Waals surface area (Å²) in [6, 6.07) is 66.0. The molecule has 1 aliphatic heterocycles. The van der Waals surface area contributed by atoms with Crippen LogP contribution in [0.1, 0.15) is 11.5 Å². The highest BCUT2D eigenvalue weighted by Crippen LogP contribution is 2.52. The first kappa shape index (κ1) is 32.8. The molecule has 2 heteroatoms. The van der Waals surface area contributed by atoms with Gasteiger partial charge >= 0.3 is 0 Å². The Bertz CT molecular complexity index is 3310. The number of para-hydroxylation sites is 1. The number of ether oxygens (including phenoxy) is 1. The van der Waals surface area contributed by atoms with Gasteiger partial charge in [-0.1, -0.05) is 170 Å². The van der Waals surface area contributed by atoms with Crippen LogP contribution in [0.15, 0.2) is 211 Å². The molecule has 12 rings (SSSR count). The summed E-state index contributed by atoms with van der Waals surface area (Å²) in [6.45, 7) is 0. The molecule has 0 saturated heterocycles. The van der Waals surface area contributed by atoms with Gasteiger partial charge in [-0.2, -0.15) is 0 Å². The Morgan fingerprint density at radius 3 is 1.62 bits per heavy atom. The molecule has 9 aromatic carbocycles. The molecule has 0 fully saturated rings. The zero-order valence-corrected chi connectivity index (χ0v) is 31.6. The molecule has 2 atom stereocenters. The number of furan rings is 1. The van der Waals surface area contributed by atoms with Crippen molar-refractivity contribution >= 4 is 43.5 Å². The molecule has 58 heavy (non-hydrogen) atoms. The van der Waals surface area contributed by atoms with E-state index in [0.29, 0.717) is 0 Å². The van der Waals surface area contributed by atoms with Gasteiger partial charge in [-0.3, -0.25) is 0 Å². The Kier molecular flexibility index (Phi) is 7.39. The lowest BCUT2D eigenvalue weighted by Crippen LogP contribution is -2.15. The second-order valence-corrected chi connectivity index (χ2v) is 15.5. The summed E-state index contributed by atoms with van der Waals surface area (Å²) in [5.74, 6) is 1.07. The summed E-state index contributed by atoms with van der Waals surface area (Å²) in [5.41, 5.74) is 14.7. The van der Waals surface area contributed by atoms with Crippen molar-refractivity contribution in [2.75, 3.05) is 0 Å². The number of hydrogen-bond donors (Lipinski definition) is 0. The minimum atomic E-state index is -0.0345. The molecule has 0 amide bonds. The van der Waals surface area contributed by atoms with Gasteiger partial charge in [-0.25, -0.2) is 0 Å². The highest BCUT2D eigenvalue weighted by Gasteiger charge is 2.36. The van der Waals surface area contributed by atoms with Crippen LogP contribution in [0.2, 0.25) is 0 Å². The molecular formula is C56H36O2. The largest absolute Gasteiger partial charge is 0.484 e. The van der Waals surface area contributed by atoms with Gasteiger partial charge in [0.2, 0.25) is 0 Å². The Morgan fingerprint density at radius 2 is 0.931 bits per heavy atom. The second kappa shape index (κ2) is 13.1. The van der Waals surface area contributed by atoms with Crippen molar-refractivity contribution in [3.05, 3.63) is 212 Å². The maximum Gasteiger partial charge on any atom is 0.147 e. The third-order valence-electron chi connectivity index (χ3n) is 12.2. The van der Waals surface area contributed by atoms with Crippen LogP contribution >= 0.6 is 0 Å². The van der Waals surface area contributed by atoms with Gasteiger partial charge in [-0.05, 0) is 108 Å². The second-order valence-electron chi connectivity index (χ2n) is 15.5. The average Bonchev–Trinajstić information content (AvgIpc) is 3.87. The Labute approximate surface area is 336 Å². The maximum absolute atomic E-state index is 6.81. The SMILES string of the molecule is C1=CC2Oc3c(cc(-c4ccc5c(-c6cccc(-c7ccccc7)c6)c6ccccc6c(-c6cccc(-c7ccccc7)c6)c5c4)c4oc5ccccc5c34)C2C=C1. The van der Waals surface area contributed by atoms with Crippen LogP contribution in [0.4, 0.5) is 0 Å². The Hall–Kier alpha value is -7.42. The number of benzene rings is 9. The molecule has 2 nitrogen and oxygen atoms in total. The lowest BCUT2D eigenvalue weighted by Gasteiger charge is -2.20. The standard InChI is InChI=1S/C56H36O2/c1-3-15-35(16-4-1)37-19-13-21-40(31-37)52-43-24-7-8-25-44(43)53(41-22-14-20-38(32-41)36-17-5-2-6-18-36)48-33-39(29-30-45(48)52)47-34-49-42-23-9-11-27-50(42)57-56(49)54-46-26-10-12-28-51(46)58-55(47)54/h1-34,42,50H. The molecule has 0 bridgehead atoms. The van der Waals surface area contributed by atoms with E-state index in [4.69, 9.17) is 9.15 Å². The third kappa shape index (κ3) is 5.12. The van der Waals surface area contributed by atoms with Crippen molar-refractivity contribution in [2.24, 2.45) is 0 Å². The molecule has 10 aromatic rings. The lowest BCUT2D eigenvalue weighted by atomic mass is 9.83. The first-order chi connectivity index (χ1) is 28.8. The molecular weight excluding hydrogens is 705 g/mol.